The number of nitrogens with zero attached hydrogens (tertiary/aromatic N) is 2. The molecule has 5 heteroatoms. The molecule has 3 rings (SSSR count). The molecular formula is C16H22FN3O. The molecule has 2 aromatic rings. The molecule has 0 radical (unpaired) electrons. The van der Waals surface area contributed by atoms with Crippen molar-refractivity contribution >= 4 is 11.0 Å². The van der Waals surface area contributed by atoms with Crippen LogP contribution in [0.15, 0.2) is 18.2 Å². The van der Waals surface area contributed by atoms with Gasteiger partial charge in [0.05, 0.1) is 18.2 Å². The lowest BCUT2D eigenvalue weighted by Crippen LogP contribution is -2.37. The van der Waals surface area contributed by atoms with Gasteiger partial charge in [0, 0.05) is 19.2 Å². The van der Waals surface area contributed by atoms with Crippen molar-refractivity contribution in [1.29, 1.82) is 0 Å². The minimum atomic E-state index is -0.256. The zero-order valence-electron chi connectivity index (χ0n) is 12.6. The monoisotopic (exact) mass is 291 g/mol. The van der Waals surface area contributed by atoms with E-state index in [-0.39, 0.29) is 18.0 Å². The van der Waals surface area contributed by atoms with Gasteiger partial charge in [0.15, 0.2) is 5.82 Å². The number of nitrogens with one attached hydrogen (secondary N) is 1. The number of benzene rings is 1. The SMILES string of the molecule is CCn1c(CNC(C)C2CCCO2)nc2c(F)cccc21. The number of imidazole rings is 1. The average Bonchev–Trinajstić information content (AvgIpc) is 3.12. The molecule has 1 aromatic heterocycles. The van der Waals surface area contributed by atoms with Gasteiger partial charge in [0.1, 0.15) is 11.3 Å². The van der Waals surface area contributed by atoms with Gasteiger partial charge in [-0.25, -0.2) is 9.37 Å². The van der Waals surface area contributed by atoms with E-state index in [0.29, 0.717) is 12.1 Å². The number of hydrogen-bond acceptors (Lipinski definition) is 3. The van der Waals surface area contributed by atoms with Crippen molar-refractivity contribution in [2.75, 3.05) is 6.61 Å². The van der Waals surface area contributed by atoms with Crippen molar-refractivity contribution in [3.63, 3.8) is 0 Å². The number of halogens is 1. The Morgan fingerprint density at radius 2 is 2.38 bits per heavy atom. The fraction of sp³-hybridized carbons (Fsp3) is 0.562. The molecule has 1 fully saturated rings. The van der Waals surface area contributed by atoms with E-state index in [1.54, 1.807) is 6.07 Å². The Bertz CT molecular complexity index is 619. The molecule has 2 unspecified atom stereocenters. The first-order valence-corrected chi connectivity index (χ1v) is 7.69. The van der Waals surface area contributed by atoms with Crippen molar-refractivity contribution in [2.45, 2.75) is 51.9 Å². The summed E-state index contributed by atoms with van der Waals surface area (Å²) in [6.45, 7) is 6.46. The maximum Gasteiger partial charge on any atom is 0.151 e. The third kappa shape index (κ3) is 2.80. The molecule has 1 aromatic carbocycles. The number of aromatic nitrogens is 2. The minimum absolute atomic E-state index is 0.256. The number of ether oxygens (including phenoxy) is 1. The Labute approximate surface area is 124 Å². The van der Waals surface area contributed by atoms with Gasteiger partial charge in [-0.1, -0.05) is 6.07 Å². The van der Waals surface area contributed by atoms with Crippen LogP contribution in [0.5, 0.6) is 0 Å². The van der Waals surface area contributed by atoms with Gasteiger partial charge >= 0.3 is 0 Å². The summed E-state index contributed by atoms with van der Waals surface area (Å²) < 4.78 is 21.6. The molecule has 0 saturated carbocycles. The van der Waals surface area contributed by atoms with Crippen molar-refractivity contribution in [1.82, 2.24) is 14.9 Å². The fourth-order valence-electron chi connectivity index (χ4n) is 3.03. The molecule has 1 aliphatic rings. The number of para-hydroxylation sites is 1. The smallest absolute Gasteiger partial charge is 0.151 e. The van der Waals surface area contributed by atoms with Crippen LogP contribution in [-0.2, 0) is 17.8 Å². The lowest BCUT2D eigenvalue weighted by Gasteiger charge is -2.20. The van der Waals surface area contributed by atoms with E-state index in [2.05, 4.69) is 28.7 Å². The first-order valence-electron chi connectivity index (χ1n) is 7.69. The van der Waals surface area contributed by atoms with Crippen molar-refractivity contribution in [2.24, 2.45) is 0 Å². The van der Waals surface area contributed by atoms with Crippen LogP contribution >= 0.6 is 0 Å². The summed E-state index contributed by atoms with van der Waals surface area (Å²) in [4.78, 5) is 4.47. The first kappa shape index (κ1) is 14.5. The maximum atomic E-state index is 13.8. The van der Waals surface area contributed by atoms with E-state index in [0.717, 1.165) is 37.3 Å². The second-order valence-corrected chi connectivity index (χ2v) is 5.60. The zero-order valence-corrected chi connectivity index (χ0v) is 12.6. The predicted octanol–water partition coefficient (Wildman–Crippen LogP) is 2.85. The van der Waals surface area contributed by atoms with Crippen LogP contribution in [0.2, 0.25) is 0 Å². The molecule has 21 heavy (non-hydrogen) atoms. The molecule has 4 nitrogen and oxygen atoms in total. The van der Waals surface area contributed by atoms with Crippen LogP contribution in [0.3, 0.4) is 0 Å². The molecule has 1 saturated heterocycles. The lowest BCUT2D eigenvalue weighted by molar-refractivity contribution is 0.0829. The minimum Gasteiger partial charge on any atom is -0.377 e. The molecule has 2 atom stereocenters. The van der Waals surface area contributed by atoms with Crippen LogP contribution in [0.25, 0.3) is 11.0 Å². The molecule has 0 amide bonds. The molecule has 114 valence electrons. The number of fused-ring (bicyclic) bond motifs is 1. The Hall–Kier alpha value is -1.46. The quantitative estimate of drug-likeness (QED) is 0.920. The molecule has 0 aliphatic carbocycles. The molecular weight excluding hydrogens is 269 g/mol. The standard InChI is InChI=1S/C16H22FN3O/c1-3-20-13-7-4-6-12(17)16(13)19-15(20)10-18-11(2)14-8-5-9-21-14/h4,6-7,11,14,18H,3,5,8-10H2,1-2H3. The van der Waals surface area contributed by atoms with E-state index >= 15 is 0 Å². The normalized spacial score (nSPS) is 20.2. The number of aryl methyl sites for hydroxylation is 1. The number of rotatable bonds is 5. The summed E-state index contributed by atoms with van der Waals surface area (Å²) in [5.41, 5.74) is 1.32. The highest BCUT2D eigenvalue weighted by Gasteiger charge is 2.22. The van der Waals surface area contributed by atoms with Crippen molar-refractivity contribution < 1.29 is 9.13 Å². The largest absolute Gasteiger partial charge is 0.377 e. The summed E-state index contributed by atoms with van der Waals surface area (Å²) in [6.07, 6.45) is 2.52. The van der Waals surface area contributed by atoms with E-state index in [1.165, 1.54) is 6.07 Å². The first-order chi connectivity index (χ1) is 10.2. The van der Waals surface area contributed by atoms with Gasteiger partial charge in [0.2, 0.25) is 0 Å². The third-order valence-electron chi connectivity index (χ3n) is 4.23. The van der Waals surface area contributed by atoms with Crippen molar-refractivity contribution in [3.05, 3.63) is 29.8 Å². The predicted molar refractivity (Wildman–Crippen MR) is 80.6 cm³/mol. The summed E-state index contributed by atoms with van der Waals surface area (Å²) >= 11 is 0. The van der Waals surface area contributed by atoms with Crippen LogP contribution in [0.4, 0.5) is 4.39 Å². The highest BCUT2D eigenvalue weighted by molar-refractivity contribution is 5.76. The highest BCUT2D eigenvalue weighted by Crippen LogP contribution is 2.20. The Kier molecular flexibility index (Phi) is 4.22. The average molecular weight is 291 g/mol. The number of hydrogen-bond donors (Lipinski definition) is 1. The fourth-order valence-corrected chi connectivity index (χ4v) is 3.03. The van der Waals surface area contributed by atoms with Gasteiger partial charge in [-0.2, -0.15) is 0 Å². The van der Waals surface area contributed by atoms with Gasteiger partial charge in [-0.05, 0) is 38.8 Å². The Morgan fingerprint density at radius 1 is 1.52 bits per heavy atom. The van der Waals surface area contributed by atoms with Crippen molar-refractivity contribution in [3.8, 4) is 0 Å². The second-order valence-electron chi connectivity index (χ2n) is 5.60. The summed E-state index contributed by atoms with van der Waals surface area (Å²) in [5.74, 6) is 0.621. The molecule has 2 heterocycles. The molecule has 1 N–H and O–H groups in total. The molecule has 0 bridgehead atoms. The van der Waals surface area contributed by atoms with E-state index in [4.69, 9.17) is 4.74 Å². The van der Waals surface area contributed by atoms with Gasteiger partial charge in [0.25, 0.3) is 0 Å². The Balaban J connectivity index is 1.78. The lowest BCUT2D eigenvalue weighted by atomic mass is 10.1. The summed E-state index contributed by atoms with van der Waals surface area (Å²) in [6, 6.07) is 5.39. The van der Waals surface area contributed by atoms with Crippen LogP contribution in [0, 0.1) is 5.82 Å². The van der Waals surface area contributed by atoms with Gasteiger partial charge < -0.3 is 14.6 Å². The van der Waals surface area contributed by atoms with Gasteiger partial charge in [-0.15, -0.1) is 0 Å². The van der Waals surface area contributed by atoms with Gasteiger partial charge in [-0.3, -0.25) is 0 Å². The highest BCUT2D eigenvalue weighted by atomic mass is 19.1. The topological polar surface area (TPSA) is 39.1 Å². The van der Waals surface area contributed by atoms with E-state index in [1.807, 2.05) is 6.07 Å². The second kappa shape index (κ2) is 6.12. The van der Waals surface area contributed by atoms with E-state index in [9.17, 15) is 4.39 Å². The Morgan fingerprint density at radius 3 is 3.10 bits per heavy atom. The van der Waals surface area contributed by atoms with Crippen LogP contribution in [0.1, 0.15) is 32.5 Å². The molecule has 0 spiro atoms. The molecule has 1 aliphatic heterocycles. The zero-order chi connectivity index (χ0) is 14.8. The summed E-state index contributed by atoms with van der Waals surface area (Å²) in [5, 5.41) is 3.47. The van der Waals surface area contributed by atoms with Crippen LogP contribution in [-0.4, -0.2) is 28.3 Å². The van der Waals surface area contributed by atoms with E-state index < -0.39 is 0 Å². The van der Waals surface area contributed by atoms with Crippen LogP contribution < -0.4 is 5.32 Å². The maximum absolute atomic E-state index is 13.8. The third-order valence-corrected chi connectivity index (χ3v) is 4.23. The summed E-state index contributed by atoms with van der Waals surface area (Å²) in [7, 11) is 0.